The van der Waals surface area contributed by atoms with Crippen LogP contribution in [0.3, 0.4) is 0 Å². The van der Waals surface area contributed by atoms with Gasteiger partial charge in [-0.25, -0.2) is 0 Å². The molecular weight excluding hydrogens is 266 g/mol. The van der Waals surface area contributed by atoms with Crippen LogP contribution in [0.1, 0.15) is 5.56 Å². The van der Waals surface area contributed by atoms with E-state index in [0.717, 1.165) is 5.56 Å². The third-order valence-corrected chi connectivity index (χ3v) is 3.13. The molecule has 0 aliphatic carbocycles. The van der Waals surface area contributed by atoms with Gasteiger partial charge < -0.3 is 19.9 Å². The maximum atomic E-state index is 6.14. The van der Waals surface area contributed by atoms with Crippen molar-refractivity contribution in [2.24, 2.45) is 5.73 Å². The number of halogens is 1. The number of hydrogen-bond acceptors (Lipinski definition) is 4. The van der Waals surface area contributed by atoms with E-state index in [1.165, 1.54) is 0 Å². The molecule has 2 aromatic rings. The highest BCUT2D eigenvalue weighted by Crippen LogP contribution is 2.38. The summed E-state index contributed by atoms with van der Waals surface area (Å²) in [4.78, 5) is 0. The van der Waals surface area contributed by atoms with Crippen molar-refractivity contribution >= 4 is 11.6 Å². The van der Waals surface area contributed by atoms with Gasteiger partial charge >= 0.3 is 0 Å². The van der Waals surface area contributed by atoms with E-state index in [2.05, 4.69) is 0 Å². The van der Waals surface area contributed by atoms with Crippen LogP contribution in [0, 0.1) is 0 Å². The second kappa shape index (κ2) is 4.99. The normalized spacial score (nSPS) is 12.5. The Bertz CT molecular complexity index is 616. The monoisotopic (exact) mass is 277 g/mol. The summed E-state index contributed by atoms with van der Waals surface area (Å²) in [6, 6.07) is 10.9. The van der Waals surface area contributed by atoms with Crippen molar-refractivity contribution in [3.8, 4) is 23.0 Å². The number of benzene rings is 2. The third-order valence-electron chi connectivity index (χ3n) is 2.83. The largest absolute Gasteiger partial charge is 0.455 e. The fourth-order valence-corrected chi connectivity index (χ4v) is 2.12. The van der Waals surface area contributed by atoms with Gasteiger partial charge in [0.05, 0.1) is 5.02 Å². The standard InChI is InChI=1S/C14H12ClNO3/c15-11-3-1-2-9(7-16)14(11)19-10-4-5-12-13(6-10)18-8-17-12/h1-6H,7-8,16H2. The van der Waals surface area contributed by atoms with E-state index in [1.807, 2.05) is 12.1 Å². The molecule has 2 N–H and O–H groups in total. The predicted octanol–water partition coefficient (Wildman–Crippen LogP) is 3.32. The quantitative estimate of drug-likeness (QED) is 0.935. The summed E-state index contributed by atoms with van der Waals surface area (Å²) in [5.41, 5.74) is 6.53. The summed E-state index contributed by atoms with van der Waals surface area (Å²) in [6.07, 6.45) is 0. The van der Waals surface area contributed by atoms with Crippen LogP contribution in [0.4, 0.5) is 0 Å². The van der Waals surface area contributed by atoms with E-state index in [4.69, 9.17) is 31.5 Å². The molecule has 1 aliphatic heterocycles. The summed E-state index contributed by atoms with van der Waals surface area (Å²) >= 11 is 6.14. The lowest BCUT2D eigenvalue weighted by molar-refractivity contribution is 0.174. The van der Waals surface area contributed by atoms with Crippen molar-refractivity contribution in [2.45, 2.75) is 6.54 Å². The van der Waals surface area contributed by atoms with Gasteiger partial charge in [0.15, 0.2) is 11.5 Å². The van der Waals surface area contributed by atoms with Crippen molar-refractivity contribution in [3.63, 3.8) is 0 Å². The number of fused-ring (bicyclic) bond motifs is 1. The van der Waals surface area contributed by atoms with Crippen LogP contribution in [0.15, 0.2) is 36.4 Å². The topological polar surface area (TPSA) is 53.7 Å². The minimum absolute atomic E-state index is 0.235. The first-order valence-electron chi connectivity index (χ1n) is 5.83. The number of rotatable bonds is 3. The van der Waals surface area contributed by atoms with Crippen LogP contribution in [-0.2, 0) is 6.54 Å². The van der Waals surface area contributed by atoms with Gasteiger partial charge in [-0.05, 0) is 18.2 Å². The Morgan fingerprint density at radius 3 is 2.84 bits per heavy atom. The molecule has 3 rings (SSSR count). The van der Waals surface area contributed by atoms with Gasteiger partial charge in [-0.15, -0.1) is 0 Å². The number of hydrogen-bond donors (Lipinski definition) is 1. The maximum Gasteiger partial charge on any atom is 0.231 e. The van der Waals surface area contributed by atoms with Gasteiger partial charge in [0.1, 0.15) is 11.5 Å². The van der Waals surface area contributed by atoms with Crippen molar-refractivity contribution in [3.05, 3.63) is 47.0 Å². The van der Waals surface area contributed by atoms with Crippen LogP contribution in [0.5, 0.6) is 23.0 Å². The predicted molar refractivity (Wildman–Crippen MR) is 72.0 cm³/mol. The van der Waals surface area contributed by atoms with Gasteiger partial charge in [-0.3, -0.25) is 0 Å². The zero-order chi connectivity index (χ0) is 13.2. The molecule has 98 valence electrons. The van der Waals surface area contributed by atoms with Crippen LogP contribution < -0.4 is 19.9 Å². The van der Waals surface area contributed by atoms with E-state index in [0.29, 0.717) is 34.6 Å². The maximum absolute atomic E-state index is 6.14. The molecule has 0 atom stereocenters. The van der Waals surface area contributed by atoms with Crippen molar-refractivity contribution in [1.29, 1.82) is 0 Å². The Hall–Kier alpha value is -1.91. The molecule has 0 radical (unpaired) electrons. The van der Waals surface area contributed by atoms with E-state index in [-0.39, 0.29) is 6.79 Å². The molecule has 0 saturated heterocycles. The molecule has 0 bridgehead atoms. The highest BCUT2D eigenvalue weighted by atomic mass is 35.5. The first-order chi connectivity index (χ1) is 9.28. The molecule has 4 nitrogen and oxygen atoms in total. The number of para-hydroxylation sites is 1. The molecule has 1 aliphatic rings. The molecule has 0 aromatic heterocycles. The highest BCUT2D eigenvalue weighted by Gasteiger charge is 2.15. The van der Waals surface area contributed by atoms with E-state index in [9.17, 15) is 0 Å². The summed E-state index contributed by atoms with van der Waals surface area (Å²) in [7, 11) is 0. The van der Waals surface area contributed by atoms with Crippen LogP contribution >= 0.6 is 11.6 Å². The first kappa shape index (κ1) is 12.1. The minimum atomic E-state index is 0.235. The summed E-state index contributed by atoms with van der Waals surface area (Å²) in [5, 5.41) is 0.528. The molecule has 5 heteroatoms. The van der Waals surface area contributed by atoms with Gasteiger partial charge in [0, 0.05) is 18.2 Å². The lowest BCUT2D eigenvalue weighted by Gasteiger charge is -2.12. The van der Waals surface area contributed by atoms with Crippen molar-refractivity contribution < 1.29 is 14.2 Å². The van der Waals surface area contributed by atoms with Crippen LogP contribution in [0.25, 0.3) is 0 Å². The summed E-state index contributed by atoms with van der Waals surface area (Å²) < 4.78 is 16.4. The molecule has 2 aromatic carbocycles. The average molecular weight is 278 g/mol. The molecular formula is C14H12ClNO3. The average Bonchev–Trinajstić information content (AvgIpc) is 2.88. The Morgan fingerprint density at radius 1 is 1.16 bits per heavy atom. The smallest absolute Gasteiger partial charge is 0.231 e. The van der Waals surface area contributed by atoms with Crippen molar-refractivity contribution in [1.82, 2.24) is 0 Å². The second-order valence-corrected chi connectivity index (χ2v) is 4.46. The Labute approximate surface area is 115 Å². The molecule has 19 heavy (non-hydrogen) atoms. The molecule has 0 spiro atoms. The SMILES string of the molecule is NCc1cccc(Cl)c1Oc1ccc2c(c1)OCO2. The summed E-state index contributed by atoms with van der Waals surface area (Å²) in [5.74, 6) is 2.59. The Kier molecular flexibility index (Phi) is 3.19. The molecule has 0 amide bonds. The molecule has 0 saturated carbocycles. The van der Waals surface area contributed by atoms with Crippen molar-refractivity contribution in [2.75, 3.05) is 6.79 Å². The second-order valence-electron chi connectivity index (χ2n) is 4.05. The number of ether oxygens (including phenoxy) is 3. The Morgan fingerprint density at radius 2 is 2.00 bits per heavy atom. The molecule has 0 unspecified atom stereocenters. The zero-order valence-electron chi connectivity index (χ0n) is 10.1. The fraction of sp³-hybridized carbons (Fsp3) is 0.143. The first-order valence-corrected chi connectivity index (χ1v) is 6.20. The lowest BCUT2D eigenvalue weighted by Crippen LogP contribution is -1.99. The minimum Gasteiger partial charge on any atom is -0.455 e. The Balaban J connectivity index is 1.93. The van der Waals surface area contributed by atoms with Gasteiger partial charge in [0.2, 0.25) is 6.79 Å². The highest BCUT2D eigenvalue weighted by molar-refractivity contribution is 6.32. The van der Waals surface area contributed by atoms with Crippen LogP contribution in [-0.4, -0.2) is 6.79 Å². The number of nitrogens with two attached hydrogens (primary N) is 1. The molecule has 1 heterocycles. The fourth-order valence-electron chi connectivity index (χ4n) is 1.89. The van der Waals surface area contributed by atoms with Gasteiger partial charge in [-0.2, -0.15) is 0 Å². The van der Waals surface area contributed by atoms with E-state index >= 15 is 0 Å². The zero-order valence-corrected chi connectivity index (χ0v) is 10.8. The molecule has 0 fully saturated rings. The van der Waals surface area contributed by atoms with Gasteiger partial charge in [0.25, 0.3) is 0 Å². The van der Waals surface area contributed by atoms with Crippen LogP contribution in [0.2, 0.25) is 5.02 Å². The van der Waals surface area contributed by atoms with Gasteiger partial charge in [-0.1, -0.05) is 23.7 Å². The lowest BCUT2D eigenvalue weighted by atomic mass is 10.2. The van der Waals surface area contributed by atoms with E-state index in [1.54, 1.807) is 24.3 Å². The summed E-state index contributed by atoms with van der Waals surface area (Å²) in [6.45, 7) is 0.597. The van der Waals surface area contributed by atoms with E-state index < -0.39 is 0 Å². The third kappa shape index (κ3) is 2.32.